The molecule has 0 saturated heterocycles. The summed E-state index contributed by atoms with van der Waals surface area (Å²) in [6.45, 7) is 0.569. The van der Waals surface area contributed by atoms with Gasteiger partial charge in [0.1, 0.15) is 11.9 Å². The predicted octanol–water partition coefficient (Wildman–Crippen LogP) is 3.99. The lowest BCUT2D eigenvalue weighted by molar-refractivity contribution is 0.625. The molecule has 0 heterocycles. The molecular weight excluding hydrogens is 263 g/mol. The van der Waals surface area contributed by atoms with Crippen LogP contribution in [0.2, 0.25) is 5.02 Å². The smallest absolute Gasteiger partial charge is 0.123 e. The minimum atomic E-state index is -0.247. The van der Waals surface area contributed by atoms with Crippen LogP contribution in [0.4, 0.5) is 10.1 Å². The van der Waals surface area contributed by atoms with Crippen molar-refractivity contribution in [2.24, 2.45) is 0 Å². The lowest BCUT2D eigenvalue weighted by atomic mass is 10.1. The van der Waals surface area contributed by atoms with Crippen molar-refractivity contribution in [1.82, 2.24) is 0 Å². The van der Waals surface area contributed by atoms with Crippen molar-refractivity contribution in [3.63, 3.8) is 0 Å². The fourth-order valence-corrected chi connectivity index (χ4v) is 2.05. The van der Waals surface area contributed by atoms with Gasteiger partial charge in [0.05, 0.1) is 10.6 Å². The quantitative estimate of drug-likeness (QED) is 0.846. The van der Waals surface area contributed by atoms with Crippen LogP contribution in [0.3, 0.4) is 0 Å². The van der Waals surface area contributed by atoms with E-state index in [1.54, 1.807) is 18.2 Å². The molecule has 0 aromatic heterocycles. The van der Waals surface area contributed by atoms with Crippen molar-refractivity contribution in [3.8, 4) is 6.07 Å². The summed E-state index contributed by atoms with van der Waals surface area (Å²) in [5, 5.41) is 9.25. The van der Waals surface area contributed by atoms with Crippen molar-refractivity contribution in [2.75, 3.05) is 11.9 Å². The standard InChI is InChI=1S/C15H12ClFN2/c1-19(10-11-3-2-4-13(17)7-11)14-6-5-12(9-18)15(16)8-14/h2-8H,10H2,1H3. The summed E-state index contributed by atoms with van der Waals surface area (Å²) >= 11 is 5.99. The Balaban J connectivity index is 2.18. The highest BCUT2D eigenvalue weighted by atomic mass is 35.5. The van der Waals surface area contributed by atoms with E-state index in [1.165, 1.54) is 12.1 Å². The van der Waals surface area contributed by atoms with E-state index in [0.717, 1.165) is 11.3 Å². The minimum absolute atomic E-state index is 0.247. The van der Waals surface area contributed by atoms with Crippen LogP contribution in [0.25, 0.3) is 0 Å². The van der Waals surface area contributed by atoms with Crippen LogP contribution >= 0.6 is 11.6 Å². The average molecular weight is 275 g/mol. The van der Waals surface area contributed by atoms with Crippen molar-refractivity contribution >= 4 is 17.3 Å². The first-order valence-electron chi connectivity index (χ1n) is 5.75. The Morgan fingerprint density at radius 2 is 2.05 bits per heavy atom. The number of hydrogen-bond donors (Lipinski definition) is 0. The van der Waals surface area contributed by atoms with Crippen LogP contribution in [0.5, 0.6) is 0 Å². The maximum Gasteiger partial charge on any atom is 0.123 e. The van der Waals surface area contributed by atoms with E-state index in [9.17, 15) is 4.39 Å². The topological polar surface area (TPSA) is 27.0 Å². The first-order valence-corrected chi connectivity index (χ1v) is 6.13. The molecule has 2 nitrogen and oxygen atoms in total. The molecule has 0 saturated carbocycles. The van der Waals surface area contributed by atoms with E-state index in [1.807, 2.05) is 30.1 Å². The third-order valence-electron chi connectivity index (χ3n) is 2.82. The molecule has 4 heteroatoms. The molecule has 0 N–H and O–H groups in total. The van der Waals surface area contributed by atoms with Gasteiger partial charge in [0.25, 0.3) is 0 Å². The highest BCUT2D eigenvalue weighted by Crippen LogP contribution is 2.23. The van der Waals surface area contributed by atoms with Crippen molar-refractivity contribution < 1.29 is 4.39 Å². The molecule has 0 unspecified atom stereocenters. The average Bonchev–Trinajstić information content (AvgIpc) is 2.38. The molecule has 2 aromatic rings. The molecule has 0 fully saturated rings. The summed E-state index contributed by atoms with van der Waals surface area (Å²) in [5.41, 5.74) is 2.21. The molecule has 2 rings (SSSR count). The molecule has 0 spiro atoms. The molecule has 0 amide bonds. The van der Waals surface area contributed by atoms with Gasteiger partial charge in [-0.25, -0.2) is 4.39 Å². The third-order valence-corrected chi connectivity index (χ3v) is 3.14. The molecule has 2 aromatic carbocycles. The van der Waals surface area contributed by atoms with E-state index in [2.05, 4.69) is 0 Å². The van der Waals surface area contributed by atoms with Crippen LogP contribution in [-0.4, -0.2) is 7.05 Å². The Kier molecular flexibility index (Phi) is 4.03. The number of anilines is 1. The van der Waals surface area contributed by atoms with Crippen LogP contribution in [-0.2, 0) is 6.54 Å². The van der Waals surface area contributed by atoms with Crippen LogP contribution < -0.4 is 4.90 Å². The number of rotatable bonds is 3. The summed E-state index contributed by atoms with van der Waals surface area (Å²) in [6, 6.07) is 13.7. The molecule has 0 aliphatic carbocycles. The second kappa shape index (κ2) is 5.73. The molecule has 19 heavy (non-hydrogen) atoms. The van der Waals surface area contributed by atoms with E-state index in [-0.39, 0.29) is 5.82 Å². The van der Waals surface area contributed by atoms with E-state index < -0.39 is 0 Å². The fraction of sp³-hybridized carbons (Fsp3) is 0.133. The van der Waals surface area contributed by atoms with Gasteiger partial charge < -0.3 is 4.90 Å². The SMILES string of the molecule is CN(Cc1cccc(F)c1)c1ccc(C#N)c(Cl)c1. The Bertz CT molecular complexity index is 634. The van der Waals surface area contributed by atoms with Crippen LogP contribution in [0.15, 0.2) is 42.5 Å². The minimum Gasteiger partial charge on any atom is -0.370 e. The predicted molar refractivity (Wildman–Crippen MR) is 74.7 cm³/mol. The number of halogens is 2. The highest BCUT2D eigenvalue weighted by molar-refractivity contribution is 6.32. The Hall–Kier alpha value is -2.05. The largest absolute Gasteiger partial charge is 0.370 e. The molecule has 0 aliphatic heterocycles. The van der Waals surface area contributed by atoms with E-state index >= 15 is 0 Å². The van der Waals surface area contributed by atoms with Crippen molar-refractivity contribution in [3.05, 3.63) is 64.4 Å². The molecule has 0 aliphatic rings. The summed E-state index contributed by atoms with van der Waals surface area (Å²) in [7, 11) is 1.89. The zero-order chi connectivity index (χ0) is 13.8. The number of nitrogens with zero attached hydrogens (tertiary/aromatic N) is 2. The van der Waals surface area contributed by atoms with Gasteiger partial charge in [0.15, 0.2) is 0 Å². The first-order chi connectivity index (χ1) is 9.10. The van der Waals surface area contributed by atoms with Gasteiger partial charge in [-0.05, 0) is 35.9 Å². The summed E-state index contributed by atoms with van der Waals surface area (Å²) in [6.07, 6.45) is 0. The van der Waals surface area contributed by atoms with E-state index in [0.29, 0.717) is 17.1 Å². The Labute approximate surface area is 116 Å². The number of benzene rings is 2. The van der Waals surface area contributed by atoms with Crippen molar-refractivity contribution in [1.29, 1.82) is 5.26 Å². The number of nitriles is 1. The molecule has 96 valence electrons. The second-order valence-electron chi connectivity index (χ2n) is 4.26. The van der Waals surface area contributed by atoms with E-state index in [4.69, 9.17) is 16.9 Å². The normalized spacial score (nSPS) is 10.0. The monoisotopic (exact) mass is 274 g/mol. The van der Waals surface area contributed by atoms with Gasteiger partial charge in [0.2, 0.25) is 0 Å². The van der Waals surface area contributed by atoms with Crippen molar-refractivity contribution in [2.45, 2.75) is 6.54 Å². The first kappa shape index (κ1) is 13.4. The lowest BCUT2D eigenvalue weighted by Crippen LogP contribution is -2.16. The van der Waals surface area contributed by atoms with Crippen LogP contribution in [0.1, 0.15) is 11.1 Å². The van der Waals surface area contributed by atoms with Gasteiger partial charge in [-0.15, -0.1) is 0 Å². The Morgan fingerprint density at radius 1 is 1.26 bits per heavy atom. The highest BCUT2D eigenvalue weighted by Gasteiger charge is 2.06. The van der Waals surface area contributed by atoms with Gasteiger partial charge in [-0.3, -0.25) is 0 Å². The van der Waals surface area contributed by atoms with Crippen LogP contribution in [0, 0.1) is 17.1 Å². The van der Waals surface area contributed by atoms with Gasteiger partial charge in [-0.2, -0.15) is 5.26 Å². The molecule has 0 bridgehead atoms. The summed E-state index contributed by atoms with van der Waals surface area (Å²) in [4.78, 5) is 1.95. The fourth-order valence-electron chi connectivity index (χ4n) is 1.83. The third kappa shape index (κ3) is 3.24. The zero-order valence-corrected chi connectivity index (χ0v) is 11.2. The second-order valence-corrected chi connectivity index (χ2v) is 4.67. The van der Waals surface area contributed by atoms with Gasteiger partial charge in [-0.1, -0.05) is 23.7 Å². The van der Waals surface area contributed by atoms with Gasteiger partial charge >= 0.3 is 0 Å². The summed E-state index contributed by atoms with van der Waals surface area (Å²) < 4.78 is 13.1. The lowest BCUT2D eigenvalue weighted by Gasteiger charge is -2.20. The molecule has 0 radical (unpaired) electrons. The number of hydrogen-bond acceptors (Lipinski definition) is 2. The zero-order valence-electron chi connectivity index (χ0n) is 10.4. The summed E-state index contributed by atoms with van der Waals surface area (Å²) in [5.74, 6) is -0.247. The Morgan fingerprint density at radius 3 is 2.68 bits per heavy atom. The maximum atomic E-state index is 13.1. The molecular formula is C15H12ClFN2. The molecule has 0 atom stereocenters. The van der Waals surface area contributed by atoms with Gasteiger partial charge in [0, 0.05) is 19.3 Å². The maximum absolute atomic E-state index is 13.1.